The maximum absolute atomic E-state index is 6.80. The van der Waals surface area contributed by atoms with E-state index in [0.29, 0.717) is 0 Å². The third-order valence-corrected chi connectivity index (χ3v) is 16.4. The maximum Gasteiger partial charge on any atom is 0.333 e. The predicted molar refractivity (Wildman–Crippen MR) is 280 cm³/mol. The van der Waals surface area contributed by atoms with Crippen molar-refractivity contribution >= 4 is 72.9 Å². The normalized spacial score (nSPS) is 15.9. The van der Waals surface area contributed by atoms with Gasteiger partial charge in [-0.1, -0.05) is 160 Å². The molecule has 0 N–H and O–H groups in total. The molecule has 14 rings (SSSR count). The molecule has 4 aliphatic rings. The highest BCUT2D eigenvalue weighted by Crippen LogP contribution is 2.61. The summed E-state index contributed by atoms with van der Waals surface area (Å²) in [6.45, 7) is 23.6. The minimum atomic E-state index is -0.262. The van der Waals surface area contributed by atoms with E-state index in [2.05, 4.69) is 218 Å². The van der Waals surface area contributed by atoms with E-state index >= 15 is 0 Å². The Kier molecular flexibility index (Phi) is 7.09. The molecule has 0 spiro atoms. The van der Waals surface area contributed by atoms with Crippen molar-refractivity contribution < 1.29 is 4.42 Å². The van der Waals surface area contributed by atoms with Crippen molar-refractivity contribution in [3.63, 3.8) is 0 Å². The van der Waals surface area contributed by atoms with Gasteiger partial charge in [-0.05, 0) is 125 Å². The third-order valence-electron chi connectivity index (χ3n) is 16.4. The summed E-state index contributed by atoms with van der Waals surface area (Å²) in [5.74, 6) is 0. The Morgan fingerprint density at radius 1 is 0.500 bits per heavy atom. The Hall–Kier alpha value is -6.78. The number of furan rings is 1. The second-order valence-corrected chi connectivity index (χ2v) is 22.9. The van der Waals surface area contributed by atoms with Gasteiger partial charge in [-0.25, -0.2) is 0 Å². The van der Waals surface area contributed by atoms with E-state index in [1.807, 2.05) is 0 Å². The average Bonchev–Trinajstić information content (AvgIpc) is 3.97. The van der Waals surface area contributed by atoms with Gasteiger partial charge in [0.05, 0.1) is 11.0 Å². The van der Waals surface area contributed by atoms with Crippen LogP contribution in [0.3, 0.4) is 0 Å². The molecule has 0 unspecified atom stereocenters. The third kappa shape index (κ3) is 4.65. The van der Waals surface area contributed by atoms with Crippen molar-refractivity contribution in [3.05, 3.63) is 173 Å². The summed E-state index contributed by atoms with van der Waals surface area (Å²) in [5.41, 5.74) is 26.7. The molecule has 0 saturated heterocycles. The molecule has 0 saturated carbocycles. The summed E-state index contributed by atoms with van der Waals surface area (Å²) in [4.78, 5) is 2.73. The van der Waals surface area contributed by atoms with Gasteiger partial charge in [0.1, 0.15) is 11.2 Å². The topological polar surface area (TPSA) is 21.3 Å². The number of rotatable bonds is 1. The summed E-state index contributed by atoms with van der Waals surface area (Å²) >= 11 is 0. The fourth-order valence-corrected chi connectivity index (χ4v) is 13.1. The van der Waals surface area contributed by atoms with Gasteiger partial charge in [0.25, 0.3) is 0 Å². The quantitative estimate of drug-likeness (QED) is 0.153. The molecule has 0 bridgehead atoms. The number of hydrogen-bond acceptors (Lipinski definition) is 2. The molecular weight excluding hydrogens is 800 g/mol. The fourth-order valence-electron chi connectivity index (χ4n) is 13.1. The minimum absolute atomic E-state index is 0.0205. The van der Waals surface area contributed by atoms with E-state index in [1.54, 1.807) is 0 Å². The van der Waals surface area contributed by atoms with E-state index in [9.17, 15) is 0 Å². The lowest BCUT2D eigenvalue weighted by Gasteiger charge is -2.43. The molecule has 10 aromatic rings. The first kappa shape index (κ1) is 38.5. The van der Waals surface area contributed by atoms with Gasteiger partial charge >= 0.3 is 6.85 Å². The molecule has 3 nitrogen and oxygen atoms in total. The first-order chi connectivity index (χ1) is 31.5. The van der Waals surface area contributed by atoms with Gasteiger partial charge < -0.3 is 13.8 Å². The number of hydrogen-bond donors (Lipinski definition) is 0. The van der Waals surface area contributed by atoms with E-state index in [-0.39, 0.29) is 28.5 Å². The lowest BCUT2D eigenvalue weighted by molar-refractivity contribution is 0.590. The van der Waals surface area contributed by atoms with Crippen molar-refractivity contribution in [2.75, 3.05) is 4.81 Å². The van der Waals surface area contributed by atoms with Gasteiger partial charge in [-0.2, -0.15) is 0 Å². The van der Waals surface area contributed by atoms with Crippen LogP contribution >= 0.6 is 0 Å². The van der Waals surface area contributed by atoms with E-state index in [1.165, 1.54) is 117 Å². The van der Waals surface area contributed by atoms with Crippen LogP contribution < -0.4 is 15.7 Å². The van der Waals surface area contributed by atoms with Gasteiger partial charge in [0, 0.05) is 61.1 Å². The molecule has 8 aromatic carbocycles. The van der Waals surface area contributed by atoms with Crippen LogP contribution in [0.25, 0.3) is 82.8 Å². The van der Waals surface area contributed by atoms with Crippen LogP contribution in [0.1, 0.15) is 103 Å². The van der Waals surface area contributed by atoms with Crippen LogP contribution in [0, 0.1) is 0 Å². The molecule has 4 heteroatoms. The fraction of sp³-hybridized carbons (Fsp3) is 0.226. The van der Waals surface area contributed by atoms with Crippen LogP contribution in [-0.4, -0.2) is 11.4 Å². The molecule has 0 amide bonds. The zero-order valence-electron chi connectivity index (χ0n) is 39.7. The predicted octanol–water partition coefficient (Wildman–Crippen LogP) is 15.1. The minimum Gasteiger partial charge on any atom is -0.456 e. The van der Waals surface area contributed by atoms with Gasteiger partial charge in [0.15, 0.2) is 0 Å². The van der Waals surface area contributed by atoms with Crippen molar-refractivity contribution in [1.82, 2.24) is 4.57 Å². The lowest BCUT2D eigenvalue weighted by atomic mass is 9.43. The molecule has 0 atom stereocenters. The second kappa shape index (κ2) is 12.2. The molecule has 66 heavy (non-hydrogen) atoms. The van der Waals surface area contributed by atoms with Crippen LogP contribution in [0.4, 0.5) is 11.4 Å². The number of benzene rings is 8. The Morgan fingerprint density at radius 3 is 1.91 bits per heavy atom. The standard InChI is InChI=1S/C62H53BN2O/c1-59(2,3)34-23-26-36(27-24-34)65-49-32-46-40(37-17-11-14-20-44(37)61(46,7)8)30-43(49)54-53-39-19-12-15-21-45(39)62(9,10)56(53)55-42-29-35(60(4,5)6)25-28-48(42)64-50-33-52-41(38-18-13-16-22-51(38)66-52)31-47(50)63(65)57(54)58(55)64/h11-33H,1-10H3. The highest BCUT2D eigenvalue weighted by atomic mass is 16.3. The SMILES string of the molecule is CC(C)(C)c1ccc(N2B3c4cc5c(cc4-n4c6ccc(C(C)(C)C)cc6c6c7c(c(c3c64)-c3cc4c(cc32)C(C)(C)c2ccccc2-4)-c2ccccc2C7(C)C)oc2ccccc25)cc1. The average molecular weight is 853 g/mol. The zero-order chi connectivity index (χ0) is 45.1. The largest absolute Gasteiger partial charge is 0.456 e. The number of nitrogens with zero attached hydrogens (tertiary/aromatic N) is 2. The summed E-state index contributed by atoms with van der Waals surface area (Å²) in [7, 11) is 0. The summed E-state index contributed by atoms with van der Waals surface area (Å²) in [6.07, 6.45) is 0. The molecule has 320 valence electrons. The lowest BCUT2D eigenvalue weighted by Crippen LogP contribution is -2.60. The number of anilines is 2. The van der Waals surface area contributed by atoms with Crippen LogP contribution in [-0.2, 0) is 21.7 Å². The highest BCUT2D eigenvalue weighted by molar-refractivity contribution is 6.94. The smallest absolute Gasteiger partial charge is 0.333 e. The molecule has 4 heterocycles. The van der Waals surface area contributed by atoms with Crippen molar-refractivity contribution in [2.45, 2.75) is 90.9 Å². The van der Waals surface area contributed by atoms with Crippen LogP contribution in [0.2, 0.25) is 0 Å². The van der Waals surface area contributed by atoms with Gasteiger partial charge in [-0.3, -0.25) is 0 Å². The van der Waals surface area contributed by atoms with Gasteiger partial charge in [-0.15, -0.1) is 0 Å². The number of aromatic nitrogens is 1. The van der Waals surface area contributed by atoms with Crippen molar-refractivity contribution in [1.29, 1.82) is 0 Å². The Balaban J connectivity index is 1.24. The van der Waals surface area contributed by atoms with E-state index in [0.717, 1.165) is 21.9 Å². The molecule has 2 aliphatic carbocycles. The Bertz CT molecular complexity index is 3840. The number of fused-ring (bicyclic) bond motifs is 19. The second-order valence-electron chi connectivity index (χ2n) is 22.9. The summed E-state index contributed by atoms with van der Waals surface area (Å²) in [5, 5.41) is 5.01. The number of para-hydroxylation sites is 1. The maximum atomic E-state index is 6.80. The first-order valence-corrected chi connectivity index (χ1v) is 24.0. The Morgan fingerprint density at radius 2 is 1.17 bits per heavy atom. The molecule has 2 aromatic heterocycles. The highest BCUT2D eigenvalue weighted by Gasteiger charge is 2.51. The molecular formula is C62H53BN2O. The van der Waals surface area contributed by atoms with Crippen LogP contribution in [0.5, 0.6) is 0 Å². The van der Waals surface area contributed by atoms with Crippen LogP contribution in [0.15, 0.2) is 144 Å². The monoisotopic (exact) mass is 852 g/mol. The van der Waals surface area contributed by atoms with E-state index < -0.39 is 0 Å². The molecule has 0 radical (unpaired) electrons. The van der Waals surface area contributed by atoms with E-state index in [4.69, 9.17) is 4.42 Å². The van der Waals surface area contributed by atoms with Crippen molar-refractivity contribution in [3.8, 4) is 39.1 Å². The summed E-state index contributed by atoms with van der Waals surface area (Å²) < 4.78 is 9.44. The Labute approximate surface area is 387 Å². The van der Waals surface area contributed by atoms with Crippen molar-refractivity contribution in [2.24, 2.45) is 0 Å². The molecule has 2 aliphatic heterocycles. The molecule has 0 fully saturated rings. The zero-order valence-corrected chi connectivity index (χ0v) is 39.7. The van der Waals surface area contributed by atoms with Gasteiger partial charge in [0.2, 0.25) is 0 Å². The summed E-state index contributed by atoms with van der Waals surface area (Å²) in [6, 6.07) is 53.9. The first-order valence-electron chi connectivity index (χ1n) is 24.0.